The first-order chi connectivity index (χ1) is 8.49. The number of ketones is 1. The molecule has 0 spiro atoms. The van der Waals surface area contributed by atoms with Crippen molar-refractivity contribution in [1.82, 2.24) is 0 Å². The Balaban J connectivity index is 2.23. The van der Waals surface area contributed by atoms with Crippen LogP contribution in [0.1, 0.15) is 43.5 Å². The number of benzene rings is 1. The van der Waals surface area contributed by atoms with E-state index in [0.29, 0.717) is 22.4 Å². The molecule has 0 radical (unpaired) electrons. The molecule has 0 bridgehead atoms. The van der Waals surface area contributed by atoms with E-state index in [1.54, 1.807) is 0 Å². The van der Waals surface area contributed by atoms with Crippen LogP contribution < -0.4 is 0 Å². The van der Waals surface area contributed by atoms with Gasteiger partial charge >= 0.3 is 0 Å². The summed E-state index contributed by atoms with van der Waals surface area (Å²) in [6, 6.07) is 5.57. The molecular formula is C15H18BrClO. The molecule has 0 N–H and O–H groups in total. The van der Waals surface area contributed by atoms with Crippen LogP contribution in [0.15, 0.2) is 22.7 Å². The summed E-state index contributed by atoms with van der Waals surface area (Å²) in [6.07, 6.45) is 3.22. The van der Waals surface area contributed by atoms with Crippen molar-refractivity contribution in [2.75, 3.05) is 0 Å². The normalized spacial score (nSPS) is 28.1. The lowest BCUT2D eigenvalue weighted by molar-refractivity contribution is 0.0836. The molecule has 0 amide bonds. The summed E-state index contributed by atoms with van der Waals surface area (Å²) in [5, 5.41) is 0.549. The van der Waals surface area contributed by atoms with Crippen molar-refractivity contribution in [2.24, 2.45) is 17.8 Å². The highest BCUT2D eigenvalue weighted by atomic mass is 79.9. The Morgan fingerprint density at radius 2 is 1.83 bits per heavy atom. The third-order valence-electron chi connectivity index (χ3n) is 3.77. The third-order valence-corrected chi connectivity index (χ3v) is 5.06. The van der Waals surface area contributed by atoms with Crippen LogP contribution in [-0.4, -0.2) is 5.78 Å². The van der Waals surface area contributed by atoms with Gasteiger partial charge in [0, 0.05) is 16.0 Å². The van der Waals surface area contributed by atoms with Gasteiger partial charge in [-0.2, -0.15) is 0 Å². The molecule has 1 aromatic carbocycles. The van der Waals surface area contributed by atoms with E-state index in [2.05, 4.69) is 29.8 Å². The van der Waals surface area contributed by atoms with Crippen LogP contribution in [0.3, 0.4) is 0 Å². The first-order valence-electron chi connectivity index (χ1n) is 6.47. The highest BCUT2D eigenvalue weighted by Crippen LogP contribution is 2.36. The second-order valence-electron chi connectivity index (χ2n) is 5.58. The van der Waals surface area contributed by atoms with Crippen molar-refractivity contribution in [2.45, 2.75) is 33.1 Å². The molecule has 1 nitrogen and oxygen atoms in total. The fraction of sp³-hybridized carbons (Fsp3) is 0.533. The monoisotopic (exact) mass is 328 g/mol. The molecule has 18 heavy (non-hydrogen) atoms. The van der Waals surface area contributed by atoms with Crippen LogP contribution in [0.4, 0.5) is 0 Å². The summed E-state index contributed by atoms with van der Waals surface area (Å²) in [4.78, 5) is 12.6. The van der Waals surface area contributed by atoms with Crippen LogP contribution in [0.25, 0.3) is 0 Å². The van der Waals surface area contributed by atoms with E-state index in [0.717, 1.165) is 17.3 Å². The summed E-state index contributed by atoms with van der Waals surface area (Å²) in [6.45, 7) is 4.47. The average Bonchev–Trinajstić information content (AvgIpc) is 2.30. The molecule has 0 heterocycles. The Kier molecular flexibility index (Phi) is 4.50. The Morgan fingerprint density at radius 1 is 1.22 bits per heavy atom. The number of hydrogen-bond donors (Lipinski definition) is 0. The second kappa shape index (κ2) is 5.75. The molecule has 0 aromatic heterocycles. The standard InChI is InChI=1S/C15H18BrClO/c1-9-6-10(2)8-11(7-9)15(18)12-4-3-5-13(16)14(12)17/h3-5,9-11H,6-8H2,1-2H3. The van der Waals surface area contributed by atoms with Crippen molar-refractivity contribution in [1.29, 1.82) is 0 Å². The van der Waals surface area contributed by atoms with Crippen molar-refractivity contribution in [3.63, 3.8) is 0 Å². The molecule has 2 atom stereocenters. The summed E-state index contributed by atoms with van der Waals surface area (Å²) in [7, 11) is 0. The Labute approximate surface area is 122 Å². The predicted molar refractivity (Wildman–Crippen MR) is 79.2 cm³/mol. The number of rotatable bonds is 2. The minimum atomic E-state index is 0.135. The Bertz CT molecular complexity index is 448. The minimum Gasteiger partial charge on any atom is -0.294 e. The van der Waals surface area contributed by atoms with Crippen molar-refractivity contribution < 1.29 is 4.79 Å². The maximum atomic E-state index is 12.6. The molecule has 2 unspecified atom stereocenters. The third kappa shape index (κ3) is 2.97. The van der Waals surface area contributed by atoms with Gasteiger partial charge in [0.15, 0.2) is 5.78 Å². The fourth-order valence-corrected chi connectivity index (χ4v) is 3.66. The highest BCUT2D eigenvalue weighted by molar-refractivity contribution is 9.10. The SMILES string of the molecule is CC1CC(C)CC(C(=O)c2cccc(Br)c2Cl)C1. The number of carbonyl (C=O) groups excluding carboxylic acids is 1. The van der Waals surface area contributed by atoms with Crippen molar-refractivity contribution >= 4 is 33.3 Å². The van der Waals surface area contributed by atoms with E-state index in [1.165, 1.54) is 6.42 Å². The lowest BCUT2D eigenvalue weighted by Gasteiger charge is -2.30. The van der Waals surface area contributed by atoms with E-state index >= 15 is 0 Å². The van der Waals surface area contributed by atoms with Gasteiger partial charge in [0.25, 0.3) is 0 Å². The zero-order valence-electron chi connectivity index (χ0n) is 10.7. The van der Waals surface area contributed by atoms with Gasteiger partial charge in [0.2, 0.25) is 0 Å². The highest BCUT2D eigenvalue weighted by Gasteiger charge is 2.30. The van der Waals surface area contributed by atoms with Gasteiger partial charge in [-0.25, -0.2) is 0 Å². The quantitative estimate of drug-likeness (QED) is 0.668. The van der Waals surface area contributed by atoms with Gasteiger partial charge in [-0.05, 0) is 59.2 Å². The van der Waals surface area contributed by atoms with Gasteiger partial charge in [-0.15, -0.1) is 0 Å². The molecule has 98 valence electrons. The van der Waals surface area contributed by atoms with Gasteiger partial charge in [-0.1, -0.05) is 31.5 Å². The topological polar surface area (TPSA) is 17.1 Å². The molecule has 1 saturated carbocycles. The smallest absolute Gasteiger partial charge is 0.167 e. The van der Waals surface area contributed by atoms with E-state index < -0.39 is 0 Å². The molecule has 3 heteroatoms. The number of Topliss-reactive ketones (excluding diaryl/α,β-unsaturated/α-hetero) is 1. The molecule has 1 aromatic rings. The molecular weight excluding hydrogens is 312 g/mol. The van der Waals surface area contributed by atoms with Gasteiger partial charge < -0.3 is 0 Å². The number of carbonyl (C=O) groups is 1. The summed E-state index contributed by atoms with van der Waals surface area (Å²) in [5.41, 5.74) is 0.664. The predicted octanol–water partition coefficient (Wildman–Crippen LogP) is 5.36. The Hall–Kier alpha value is -0.340. The minimum absolute atomic E-state index is 0.135. The molecule has 2 rings (SSSR count). The molecule has 1 fully saturated rings. The first-order valence-corrected chi connectivity index (χ1v) is 7.64. The van der Waals surface area contributed by atoms with E-state index in [9.17, 15) is 4.79 Å². The van der Waals surface area contributed by atoms with E-state index in [4.69, 9.17) is 11.6 Å². The fourth-order valence-electron chi connectivity index (χ4n) is 3.08. The summed E-state index contributed by atoms with van der Waals surface area (Å²) >= 11 is 9.59. The van der Waals surface area contributed by atoms with E-state index in [-0.39, 0.29) is 11.7 Å². The Morgan fingerprint density at radius 3 is 2.44 bits per heavy atom. The molecule has 0 saturated heterocycles. The second-order valence-corrected chi connectivity index (χ2v) is 6.81. The zero-order valence-corrected chi connectivity index (χ0v) is 13.1. The van der Waals surface area contributed by atoms with Crippen LogP contribution in [0.2, 0.25) is 5.02 Å². The summed E-state index contributed by atoms with van der Waals surface area (Å²) < 4.78 is 0.798. The van der Waals surface area contributed by atoms with Crippen molar-refractivity contribution in [3.8, 4) is 0 Å². The van der Waals surface area contributed by atoms with Crippen molar-refractivity contribution in [3.05, 3.63) is 33.3 Å². The maximum absolute atomic E-state index is 12.6. The van der Waals surface area contributed by atoms with Gasteiger partial charge in [0.1, 0.15) is 0 Å². The zero-order chi connectivity index (χ0) is 13.3. The average molecular weight is 330 g/mol. The first kappa shape index (κ1) is 14.1. The maximum Gasteiger partial charge on any atom is 0.167 e. The summed E-state index contributed by atoms with van der Waals surface area (Å²) in [5.74, 6) is 1.61. The van der Waals surface area contributed by atoms with Gasteiger partial charge in [0.05, 0.1) is 5.02 Å². The number of halogens is 2. The van der Waals surface area contributed by atoms with Crippen LogP contribution in [-0.2, 0) is 0 Å². The van der Waals surface area contributed by atoms with Crippen LogP contribution in [0, 0.1) is 17.8 Å². The lowest BCUT2D eigenvalue weighted by atomic mass is 9.74. The van der Waals surface area contributed by atoms with E-state index in [1.807, 2.05) is 18.2 Å². The lowest BCUT2D eigenvalue weighted by Crippen LogP contribution is -2.26. The van der Waals surface area contributed by atoms with Crippen LogP contribution in [0.5, 0.6) is 0 Å². The van der Waals surface area contributed by atoms with Crippen LogP contribution >= 0.6 is 27.5 Å². The van der Waals surface area contributed by atoms with Gasteiger partial charge in [-0.3, -0.25) is 4.79 Å². The molecule has 1 aliphatic rings. The number of hydrogen-bond acceptors (Lipinski definition) is 1. The molecule has 1 aliphatic carbocycles. The molecule has 0 aliphatic heterocycles. The largest absolute Gasteiger partial charge is 0.294 e.